The number of rotatable bonds is 0. The van der Waals surface area contributed by atoms with Gasteiger partial charge >= 0.3 is 6.30 Å². The van der Waals surface area contributed by atoms with Crippen LogP contribution in [0.25, 0.3) is 0 Å². The summed E-state index contributed by atoms with van der Waals surface area (Å²) >= 11 is 4.46. The Morgan fingerprint density at radius 3 is 2.45 bits per heavy atom. The second kappa shape index (κ2) is 2.94. The predicted octanol–water partition coefficient (Wildman–Crippen LogP) is 1.17. The molecule has 0 N–H and O–H groups in total. The number of thiocarbonyl (C=S) groups is 1. The molecule has 1 heterocycles. The molecule has 2 nitrogen and oxygen atoms in total. The average Bonchev–Trinajstić information content (AvgIpc) is 1.86. The van der Waals surface area contributed by atoms with Crippen LogP contribution in [0.4, 0.5) is 13.2 Å². The third kappa shape index (κ3) is 2.03. The number of hydrogen-bond donors (Lipinski definition) is 0. The van der Waals surface area contributed by atoms with Gasteiger partial charge < -0.3 is 4.74 Å². The second-order valence-electron chi connectivity index (χ2n) is 2.07. The number of morpholine rings is 1. The van der Waals surface area contributed by atoms with E-state index in [9.17, 15) is 13.2 Å². The Morgan fingerprint density at radius 2 is 2.09 bits per heavy atom. The van der Waals surface area contributed by atoms with E-state index in [0.29, 0.717) is 0 Å². The molecule has 0 aromatic heterocycles. The van der Waals surface area contributed by atoms with Gasteiger partial charge in [-0.05, 0) is 0 Å². The van der Waals surface area contributed by atoms with Crippen LogP contribution < -0.4 is 0 Å². The first kappa shape index (κ1) is 8.73. The van der Waals surface area contributed by atoms with Crippen molar-refractivity contribution in [3.63, 3.8) is 0 Å². The molecule has 0 unspecified atom stereocenters. The van der Waals surface area contributed by atoms with Gasteiger partial charge in [-0.1, -0.05) is 12.2 Å². The fourth-order valence-electron chi connectivity index (χ4n) is 0.786. The number of nitrogens with zero attached hydrogens (tertiary/aromatic N) is 1. The smallest absolute Gasteiger partial charge is 0.372 e. The van der Waals surface area contributed by atoms with Crippen LogP contribution in [0.5, 0.6) is 0 Å². The van der Waals surface area contributed by atoms with Gasteiger partial charge in [-0.2, -0.15) is 13.2 Å². The summed E-state index contributed by atoms with van der Waals surface area (Å²) in [4.78, 5) is 0.0370. The van der Waals surface area contributed by atoms with E-state index in [1.54, 1.807) is 0 Å². The van der Waals surface area contributed by atoms with Crippen LogP contribution in [0.2, 0.25) is 0 Å². The quantitative estimate of drug-likeness (QED) is 0.415. The summed E-state index contributed by atoms with van der Waals surface area (Å²) in [5.41, 5.74) is 0. The average molecular weight is 185 g/mol. The monoisotopic (exact) mass is 185 g/mol. The van der Waals surface area contributed by atoms with Gasteiger partial charge in [-0.25, -0.2) is 0 Å². The number of ether oxygens (including phenoxy) is 1. The van der Waals surface area contributed by atoms with Crippen molar-refractivity contribution >= 4 is 17.2 Å². The summed E-state index contributed by atoms with van der Waals surface area (Å²) in [6.45, 7) is -0.211. The molecule has 0 radical (unpaired) electrons. The first-order valence-corrected chi connectivity index (χ1v) is 3.37. The minimum atomic E-state index is -4.35. The van der Waals surface area contributed by atoms with Crippen molar-refractivity contribution in [1.82, 2.24) is 4.90 Å². The molecule has 1 rings (SSSR count). The van der Waals surface area contributed by atoms with Crippen LogP contribution in [0, 0.1) is 0 Å². The van der Waals surface area contributed by atoms with Gasteiger partial charge in [0, 0.05) is 0 Å². The van der Waals surface area contributed by atoms with Crippen molar-refractivity contribution in [2.75, 3.05) is 19.8 Å². The van der Waals surface area contributed by atoms with E-state index in [-0.39, 0.29) is 29.6 Å². The Labute approximate surface area is 66.9 Å². The first-order valence-electron chi connectivity index (χ1n) is 2.97. The maximum atomic E-state index is 12.0. The summed E-state index contributed by atoms with van der Waals surface area (Å²) in [5.74, 6) is 0. The molecule has 6 heteroatoms. The summed E-state index contributed by atoms with van der Waals surface area (Å²) in [7, 11) is 0. The molecule has 0 aromatic carbocycles. The van der Waals surface area contributed by atoms with Crippen LogP contribution in [0.15, 0.2) is 0 Å². The Kier molecular flexibility index (Phi) is 2.34. The lowest BCUT2D eigenvalue weighted by atomic mass is 10.4. The van der Waals surface area contributed by atoms with Crippen molar-refractivity contribution < 1.29 is 17.9 Å². The SMILES string of the molecule is FC(F)(F)N1CCOCC1=S. The highest BCUT2D eigenvalue weighted by molar-refractivity contribution is 7.80. The molecule has 1 saturated heterocycles. The van der Waals surface area contributed by atoms with E-state index in [4.69, 9.17) is 4.74 Å². The van der Waals surface area contributed by atoms with Crippen LogP contribution >= 0.6 is 12.2 Å². The highest BCUT2D eigenvalue weighted by Gasteiger charge is 2.39. The molecular formula is C5H6F3NOS. The molecular weight excluding hydrogens is 179 g/mol. The van der Waals surface area contributed by atoms with Gasteiger partial charge in [0.15, 0.2) is 0 Å². The number of alkyl halides is 3. The Hall–Kier alpha value is -0.360. The number of hydrogen-bond acceptors (Lipinski definition) is 2. The van der Waals surface area contributed by atoms with Crippen molar-refractivity contribution in [2.45, 2.75) is 6.30 Å². The van der Waals surface area contributed by atoms with E-state index in [0.717, 1.165) is 0 Å². The second-order valence-corrected chi connectivity index (χ2v) is 2.54. The van der Waals surface area contributed by atoms with Gasteiger partial charge in [0.2, 0.25) is 0 Å². The third-order valence-electron chi connectivity index (χ3n) is 1.29. The first-order chi connectivity index (χ1) is 5.02. The normalized spacial score (nSPS) is 20.6. The highest BCUT2D eigenvalue weighted by atomic mass is 32.1. The lowest BCUT2D eigenvalue weighted by Gasteiger charge is -2.30. The molecule has 0 saturated carbocycles. The van der Waals surface area contributed by atoms with E-state index in [1.807, 2.05) is 0 Å². The molecule has 0 spiro atoms. The molecule has 1 aliphatic heterocycles. The van der Waals surface area contributed by atoms with Crippen LogP contribution in [0.1, 0.15) is 0 Å². The van der Waals surface area contributed by atoms with Gasteiger partial charge in [0.05, 0.1) is 19.8 Å². The van der Waals surface area contributed by atoms with Crippen molar-refractivity contribution in [2.24, 2.45) is 0 Å². The van der Waals surface area contributed by atoms with Crippen LogP contribution in [-0.4, -0.2) is 35.9 Å². The minimum absolute atomic E-state index is 0.0830. The van der Waals surface area contributed by atoms with E-state index >= 15 is 0 Å². The maximum absolute atomic E-state index is 12.0. The Balaban J connectivity index is 2.62. The molecule has 1 fully saturated rings. The molecule has 0 bridgehead atoms. The fraction of sp³-hybridized carbons (Fsp3) is 0.800. The van der Waals surface area contributed by atoms with Crippen LogP contribution in [0.3, 0.4) is 0 Å². The van der Waals surface area contributed by atoms with Gasteiger partial charge in [-0.15, -0.1) is 0 Å². The zero-order chi connectivity index (χ0) is 8.48. The molecule has 1 aliphatic rings. The Bertz CT molecular complexity index is 170. The third-order valence-corrected chi connectivity index (χ3v) is 1.63. The van der Waals surface area contributed by atoms with E-state index < -0.39 is 6.30 Å². The minimum Gasteiger partial charge on any atom is -0.372 e. The van der Waals surface area contributed by atoms with Crippen molar-refractivity contribution in [3.05, 3.63) is 0 Å². The zero-order valence-corrected chi connectivity index (χ0v) is 6.34. The zero-order valence-electron chi connectivity index (χ0n) is 5.52. The lowest BCUT2D eigenvalue weighted by molar-refractivity contribution is -0.224. The molecule has 64 valence electrons. The molecule has 0 amide bonds. The lowest BCUT2D eigenvalue weighted by Crippen LogP contribution is -2.48. The Morgan fingerprint density at radius 1 is 1.45 bits per heavy atom. The molecule has 11 heavy (non-hydrogen) atoms. The van der Waals surface area contributed by atoms with E-state index in [2.05, 4.69) is 12.2 Å². The topological polar surface area (TPSA) is 12.5 Å². The summed E-state index contributed by atoms with van der Waals surface area (Å²) in [6, 6.07) is 0. The van der Waals surface area contributed by atoms with Crippen LogP contribution in [-0.2, 0) is 4.74 Å². The summed E-state index contributed by atoms with van der Waals surface area (Å²) in [5, 5.41) is 0. The molecule has 0 aliphatic carbocycles. The van der Waals surface area contributed by atoms with Crippen molar-refractivity contribution in [3.8, 4) is 0 Å². The summed E-state index contributed by atoms with van der Waals surface area (Å²) < 4.78 is 40.6. The van der Waals surface area contributed by atoms with E-state index in [1.165, 1.54) is 0 Å². The standard InChI is InChI=1S/C5H6F3NOS/c6-5(7,8)9-1-2-10-3-4(9)11/h1-3H2. The largest absolute Gasteiger partial charge is 0.485 e. The summed E-state index contributed by atoms with van der Waals surface area (Å²) in [6.07, 6.45) is -4.35. The molecule has 0 aromatic rings. The van der Waals surface area contributed by atoms with Gasteiger partial charge in [0.25, 0.3) is 0 Å². The fourth-order valence-corrected chi connectivity index (χ4v) is 1.06. The highest BCUT2D eigenvalue weighted by Crippen LogP contribution is 2.22. The predicted molar refractivity (Wildman–Crippen MR) is 36.2 cm³/mol. The molecule has 0 atom stereocenters. The van der Waals surface area contributed by atoms with Gasteiger partial charge in [0.1, 0.15) is 4.99 Å². The van der Waals surface area contributed by atoms with Gasteiger partial charge in [-0.3, -0.25) is 4.90 Å². The van der Waals surface area contributed by atoms with Crippen molar-refractivity contribution in [1.29, 1.82) is 0 Å². The maximum Gasteiger partial charge on any atom is 0.485 e. The number of halogens is 3.